The van der Waals surface area contributed by atoms with Gasteiger partial charge in [-0.2, -0.15) is 87.8 Å². The van der Waals surface area contributed by atoms with Crippen molar-refractivity contribution in [2.45, 2.75) is 70.6 Å². The van der Waals surface area contributed by atoms with Gasteiger partial charge in [-0.3, -0.25) is 9.59 Å². The minimum Gasteiger partial charge on any atom is -0.323 e. The second kappa shape index (κ2) is 9.15. The quantitative estimate of drug-likeness (QED) is 0.319. The van der Waals surface area contributed by atoms with Gasteiger partial charge in [0.2, 0.25) is 0 Å². The third-order valence-electron chi connectivity index (χ3n) is 6.91. The number of benzene rings is 1. The number of hydrogen-bond acceptors (Lipinski definition) is 2. The Kier molecular flexibility index (Phi) is 7.38. The van der Waals surface area contributed by atoms with Crippen LogP contribution in [0, 0.1) is 0 Å². The van der Waals surface area contributed by atoms with Gasteiger partial charge in [0.1, 0.15) is 0 Å². The first-order valence-electron chi connectivity index (χ1n) is 10.9. The van der Waals surface area contributed by atoms with Gasteiger partial charge in [0, 0.05) is 11.4 Å². The van der Waals surface area contributed by atoms with Crippen LogP contribution in [-0.2, 0) is 9.59 Å². The maximum absolute atomic E-state index is 14.7. The molecule has 0 atom stereocenters. The molecule has 1 aromatic rings. The molecule has 2 amide bonds. The Morgan fingerprint density at radius 2 is 0.478 bits per heavy atom. The first-order valence-corrected chi connectivity index (χ1v) is 10.9. The van der Waals surface area contributed by atoms with Crippen LogP contribution in [-0.4, -0.2) is 82.4 Å². The van der Waals surface area contributed by atoms with Gasteiger partial charge in [-0.1, -0.05) is 0 Å². The Morgan fingerprint density at radius 3 is 0.652 bits per heavy atom. The molecule has 0 heterocycles. The molecule has 0 saturated heterocycles. The zero-order valence-corrected chi connectivity index (χ0v) is 20.4. The molecule has 2 aliphatic rings. The van der Waals surface area contributed by atoms with Crippen LogP contribution in [0.15, 0.2) is 24.3 Å². The van der Waals surface area contributed by atoms with Gasteiger partial charge in [-0.15, -0.1) is 0 Å². The molecular weight excluding hydrogens is 718 g/mol. The average molecular weight is 724 g/mol. The summed E-state index contributed by atoms with van der Waals surface area (Å²) in [6.07, 6.45) is 0. The van der Waals surface area contributed by atoms with E-state index in [4.69, 9.17) is 0 Å². The largest absolute Gasteiger partial charge is 0.384 e. The molecule has 2 saturated carbocycles. The summed E-state index contributed by atoms with van der Waals surface area (Å²) in [6.45, 7) is 0. The van der Waals surface area contributed by atoms with Crippen molar-refractivity contribution < 1.29 is 106 Å². The molecule has 26 heteroatoms. The molecule has 0 radical (unpaired) electrons. The number of carbonyl (C=O) groups excluding carboxylic acids is 2. The molecular formula is C20H6F22N2O2. The van der Waals surface area contributed by atoms with E-state index in [2.05, 4.69) is 0 Å². The van der Waals surface area contributed by atoms with Crippen LogP contribution in [0.4, 0.5) is 108 Å². The third kappa shape index (κ3) is 3.52. The minimum atomic E-state index is -7.71. The molecule has 262 valence electrons. The van der Waals surface area contributed by atoms with E-state index in [9.17, 15) is 106 Å². The highest BCUT2D eigenvalue weighted by Gasteiger charge is 3.04. The van der Waals surface area contributed by atoms with E-state index in [0.717, 1.165) is 0 Å². The summed E-state index contributed by atoms with van der Waals surface area (Å²) < 4.78 is 303. The summed E-state index contributed by atoms with van der Waals surface area (Å²) in [6, 6.07) is -0.665. The zero-order valence-electron chi connectivity index (χ0n) is 20.4. The molecule has 2 fully saturated rings. The Hall–Kier alpha value is -3.38. The first kappa shape index (κ1) is 37.1. The van der Waals surface area contributed by atoms with Crippen molar-refractivity contribution in [1.29, 1.82) is 0 Å². The Bertz CT molecular complexity index is 1270. The van der Waals surface area contributed by atoms with Crippen molar-refractivity contribution >= 4 is 23.2 Å². The first-order chi connectivity index (χ1) is 20.0. The number of anilines is 2. The van der Waals surface area contributed by atoms with Crippen LogP contribution >= 0.6 is 0 Å². The molecule has 46 heavy (non-hydrogen) atoms. The lowest BCUT2D eigenvalue weighted by atomic mass is 9.71. The van der Waals surface area contributed by atoms with Gasteiger partial charge < -0.3 is 10.6 Å². The fraction of sp³-hybridized carbons (Fsp3) is 0.600. The van der Waals surface area contributed by atoms with Gasteiger partial charge >= 0.3 is 70.6 Å². The molecule has 1 aromatic carbocycles. The van der Waals surface area contributed by atoms with Crippen LogP contribution in [0.1, 0.15) is 0 Å². The minimum absolute atomic E-state index is 0.166. The molecule has 0 spiro atoms. The summed E-state index contributed by atoms with van der Waals surface area (Å²) >= 11 is 0. The van der Waals surface area contributed by atoms with Crippen molar-refractivity contribution in [3.05, 3.63) is 24.3 Å². The van der Waals surface area contributed by atoms with E-state index >= 15 is 0 Å². The van der Waals surface area contributed by atoms with Crippen LogP contribution < -0.4 is 10.6 Å². The van der Waals surface area contributed by atoms with Crippen LogP contribution in [0.3, 0.4) is 0 Å². The number of amides is 2. The normalized spacial score (nSPS) is 29.2. The van der Waals surface area contributed by atoms with E-state index in [-0.39, 0.29) is 24.3 Å². The summed E-state index contributed by atoms with van der Waals surface area (Å²) in [5.41, 5.74) is -17.6. The summed E-state index contributed by atoms with van der Waals surface area (Å²) in [5.74, 6) is -84.7. The number of nitrogens with one attached hydrogen (secondary N) is 2. The van der Waals surface area contributed by atoms with Gasteiger partial charge in [0.15, 0.2) is 0 Å². The molecule has 0 aliphatic heterocycles. The number of alkyl halides is 22. The Morgan fingerprint density at radius 1 is 0.326 bits per heavy atom. The number of hydrogen-bond donors (Lipinski definition) is 2. The standard InChI is InChI=1S/C20H6F22N2O2/c21-9(11(23,24)15(31,32)19(39,40)16(33,34)12(9,25)26)7(45)43-5-1-2-6(4-3-5)44-8(46)10(22)13(27,28)17(35,36)20(41,42)18(37,38)14(10,29)30/h1-4H,(H,43,45)(H,44,46). The topological polar surface area (TPSA) is 58.2 Å². The second-order valence-corrected chi connectivity index (χ2v) is 9.55. The van der Waals surface area contributed by atoms with Crippen molar-refractivity contribution in [1.82, 2.24) is 0 Å². The van der Waals surface area contributed by atoms with E-state index in [1.807, 2.05) is 0 Å². The number of carbonyl (C=O) groups is 2. The van der Waals surface area contributed by atoms with E-state index < -0.39 is 93.8 Å². The highest BCUT2D eigenvalue weighted by Crippen LogP contribution is 2.71. The van der Waals surface area contributed by atoms with E-state index in [1.165, 1.54) is 0 Å². The van der Waals surface area contributed by atoms with E-state index in [0.29, 0.717) is 10.6 Å². The predicted molar refractivity (Wildman–Crippen MR) is 101 cm³/mol. The summed E-state index contributed by atoms with van der Waals surface area (Å²) in [5, 5.41) is 0.961. The fourth-order valence-corrected chi connectivity index (χ4v) is 4.08. The monoisotopic (exact) mass is 724 g/mol. The number of halogens is 22. The van der Waals surface area contributed by atoms with Crippen LogP contribution in [0.25, 0.3) is 0 Å². The number of rotatable bonds is 4. The van der Waals surface area contributed by atoms with Crippen molar-refractivity contribution in [3.8, 4) is 0 Å². The molecule has 2 N–H and O–H groups in total. The van der Waals surface area contributed by atoms with Gasteiger partial charge in [-0.05, 0) is 24.3 Å². The fourth-order valence-electron chi connectivity index (χ4n) is 4.08. The average Bonchev–Trinajstić information content (AvgIpc) is 2.90. The highest BCUT2D eigenvalue weighted by atomic mass is 19.4. The van der Waals surface area contributed by atoms with Gasteiger partial charge in [0.25, 0.3) is 11.8 Å². The molecule has 0 bridgehead atoms. The molecule has 0 aromatic heterocycles. The second-order valence-electron chi connectivity index (χ2n) is 9.55. The van der Waals surface area contributed by atoms with Crippen LogP contribution in [0.2, 0.25) is 0 Å². The lowest BCUT2D eigenvalue weighted by Gasteiger charge is -2.51. The smallest absolute Gasteiger partial charge is 0.323 e. The highest BCUT2D eigenvalue weighted by molar-refractivity contribution is 6.01. The Labute approximate surface area is 236 Å². The lowest BCUT2D eigenvalue weighted by Crippen LogP contribution is -2.86. The van der Waals surface area contributed by atoms with Gasteiger partial charge in [0.05, 0.1) is 0 Å². The summed E-state index contributed by atoms with van der Waals surface area (Å²) in [4.78, 5) is 23.8. The predicted octanol–water partition coefficient (Wildman–Crippen LogP) is 7.36. The van der Waals surface area contributed by atoms with E-state index in [1.54, 1.807) is 0 Å². The maximum Gasteiger partial charge on any atom is 0.384 e. The SMILES string of the molecule is O=C(Nc1ccc(NC(=O)C2(F)C(F)(F)C(F)(F)C(F)(F)C(F)(F)C2(F)F)cc1)C1(F)C(F)(F)C(F)(F)C(F)(F)C(F)(F)C1(F)F. The molecule has 2 aliphatic carbocycles. The van der Waals surface area contributed by atoms with Gasteiger partial charge in [-0.25, -0.2) is 8.78 Å². The van der Waals surface area contributed by atoms with Crippen molar-refractivity contribution in [2.24, 2.45) is 0 Å². The van der Waals surface area contributed by atoms with Crippen LogP contribution in [0.5, 0.6) is 0 Å². The molecule has 4 nitrogen and oxygen atoms in total. The molecule has 0 unspecified atom stereocenters. The maximum atomic E-state index is 14.7. The Balaban J connectivity index is 1.98. The lowest BCUT2D eigenvalue weighted by molar-refractivity contribution is -0.475. The van der Waals surface area contributed by atoms with Crippen molar-refractivity contribution in [2.75, 3.05) is 10.6 Å². The molecule has 3 rings (SSSR count). The zero-order chi connectivity index (χ0) is 36.6. The summed E-state index contributed by atoms with van der Waals surface area (Å²) in [7, 11) is 0. The third-order valence-corrected chi connectivity index (χ3v) is 6.91. The van der Waals surface area contributed by atoms with Crippen molar-refractivity contribution in [3.63, 3.8) is 0 Å².